The predicted octanol–water partition coefficient (Wildman–Crippen LogP) is 4.64. The molecule has 0 bridgehead atoms. The Labute approximate surface area is 92.4 Å². The van der Waals surface area contributed by atoms with E-state index >= 15 is 0 Å². The second-order valence-corrected chi connectivity index (χ2v) is 4.55. The van der Waals surface area contributed by atoms with Crippen LogP contribution >= 0.6 is 0 Å². The third-order valence-electron chi connectivity index (χ3n) is 2.43. The second kappa shape index (κ2) is 6.10. The maximum Gasteiger partial charge on any atom is 0.308 e. The van der Waals surface area contributed by atoms with Gasteiger partial charge in [-0.3, -0.25) is 0 Å². The Bertz CT molecular complexity index is 231. The number of halogens is 2. The van der Waals surface area contributed by atoms with Crippen LogP contribution in [0.5, 0.6) is 0 Å². The van der Waals surface area contributed by atoms with Crippen molar-refractivity contribution in [1.29, 1.82) is 0 Å². The van der Waals surface area contributed by atoms with Crippen LogP contribution in [-0.4, -0.2) is 5.92 Å². The van der Waals surface area contributed by atoms with E-state index in [1.165, 1.54) is 0 Å². The van der Waals surface area contributed by atoms with Crippen molar-refractivity contribution in [2.75, 3.05) is 0 Å². The summed E-state index contributed by atoms with van der Waals surface area (Å²) in [7, 11) is 0. The van der Waals surface area contributed by atoms with Crippen LogP contribution in [0.2, 0.25) is 0 Å². The van der Waals surface area contributed by atoms with Gasteiger partial charge in [0.2, 0.25) is 0 Å². The fourth-order valence-corrected chi connectivity index (χ4v) is 1.51. The van der Waals surface area contributed by atoms with Crippen molar-refractivity contribution < 1.29 is 8.78 Å². The van der Waals surface area contributed by atoms with Crippen molar-refractivity contribution in [3.8, 4) is 11.8 Å². The summed E-state index contributed by atoms with van der Waals surface area (Å²) in [6.07, 6.45) is 2.98. The van der Waals surface area contributed by atoms with Crippen LogP contribution in [0.3, 0.4) is 0 Å². The molecule has 0 heterocycles. The minimum Gasteiger partial charge on any atom is -0.192 e. The molecule has 0 amide bonds. The molecule has 0 fully saturated rings. The second-order valence-electron chi connectivity index (χ2n) is 4.55. The Kier molecular flexibility index (Phi) is 5.87. The van der Waals surface area contributed by atoms with Gasteiger partial charge in [0, 0.05) is 12.8 Å². The number of rotatable bonds is 0. The van der Waals surface area contributed by atoms with Gasteiger partial charge in [0.1, 0.15) is 0 Å². The lowest BCUT2D eigenvalue weighted by Gasteiger charge is -2.20. The van der Waals surface area contributed by atoms with Gasteiger partial charge in [-0.2, -0.15) is 8.78 Å². The topological polar surface area (TPSA) is 0 Å². The normalized spacial score (nSPS) is 23.1. The molecule has 0 N–H and O–H groups in total. The highest BCUT2D eigenvalue weighted by Gasteiger charge is 2.27. The summed E-state index contributed by atoms with van der Waals surface area (Å²) in [5, 5.41) is 0. The number of alkyl halides is 2. The first-order valence-corrected chi connectivity index (χ1v) is 5.79. The zero-order chi connectivity index (χ0) is 11.9. The van der Waals surface area contributed by atoms with E-state index < -0.39 is 5.92 Å². The number of hydrogen-bond donors (Lipinski definition) is 0. The summed E-state index contributed by atoms with van der Waals surface area (Å²) in [5.74, 6) is 1.93. The molecule has 1 rings (SSSR count). The molecule has 0 spiro atoms. The van der Waals surface area contributed by atoms with Crippen molar-refractivity contribution in [3.63, 3.8) is 0 Å². The van der Waals surface area contributed by atoms with E-state index in [-0.39, 0.29) is 11.8 Å². The Morgan fingerprint density at radius 3 is 2.13 bits per heavy atom. The summed E-state index contributed by atoms with van der Waals surface area (Å²) < 4.78 is 25.8. The minimum atomic E-state index is -2.75. The lowest BCUT2D eigenvalue weighted by molar-refractivity contribution is 0.0536. The van der Waals surface area contributed by atoms with Gasteiger partial charge in [0.05, 0.1) is 0 Å². The van der Waals surface area contributed by atoms with Gasteiger partial charge in [0.25, 0.3) is 0 Å². The molecule has 0 atom stereocenters. The van der Waals surface area contributed by atoms with Crippen molar-refractivity contribution in [2.45, 2.75) is 65.7 Å². The summed E-state index contributed by atoms with van der Waals surface area (Å²) >= 11 is 0. The lowest BCUT2D eigenvalue weighted by Crippen LogP contribution is -2.11. The van der Waals surface area contributed by atoms with E-state index in [2.05, 4.69) is 25.7 Å². The van der Waals surface area contributed by atoms with E-state index in [4.69, 9.17) is 0 Å². The van der Waals surface area contributed by atoms with E-state index in [0.29, 0.717) is 12.8 Å². The molecule has 1 aliphatic carbocycles. The zero-order valence-corrected chi connectivity index (χ0v) is 10.3. The van der Waals surface area contributed by atoms with Crippen molar-refractivity contribution in [1.82, 2.24) is 0 Å². The fraction of sp³-hybridized carbons (Fsp3) is 0.846. The first-order valence-electron chi connectivity index (χ1n) is 5.79. The van der Waals surface area contributed by atoms with Crippen LogP contribution < -0.4 is 0 Å². The third-order valence-corrected chi connectivity index (χ3v) is 2.43. The highest BCUT2D eigenvalue weighted by atomic mass is 19.3. The molecule has 0 aliphatic heterocycles. The maximum atomic E-state index is 12.9. The number of hydrogen-bond acceptors (Lipinski definition) is 0. The summed E-state index contributed by atoms with van der Waals surface area (Å²) in [6.45, 7) is 8.18. The van der Waals surface area contributed by atoms with Crippen LogP contribution in [0.15, 0.2) is 0 Å². The molecule has 0 unspecified atom stereocenters. The maximum absolute atomic E-state index is 12.9. The molecule has 15 heavy (non-hydrogen) atoms. The van der Waals surface area contributed by atoms with Gasteiger partial charge >= 0.3 is 5.92 Å². The minimum absolute atomic E-state index is 0.0733. The Morgan fingerprint density at radius 1 is 1.00 bits per heavy atom. The Morgan fingerprint density at radius 2 is 1.53 bits per heavy atom. The van der Waals surface area contributed by atoms with Gasteiger partial charge in [-0.25, -0.2) is 0 Å². The Hall–Kier alpha value is -0.580. The van der Waals surface area contributed by atoms with Crippen LogP contribution in [0, 0.1) is 17.3 Å². The van der Waals surface area contributed by atoms with Crippen LogP contribution in [0.1, 0.15) is 59.8 Å². The van der Waals surface area contributed by atoms with Crippen molar-refractivity contribution >= 4 is 0 Å². The smallest absolute Gasteiger partial charge is 0.192 e. The van der Waals surface area contributed by atoms with E-state index in [1.54, 1.807) is 0 Å². The van der Waals surface area contributed by atoms with Gasteiger partial charge in [0.15, 0.2) is 0 Å². The molecule has 0 aromatic carbocycles. The largest absolute Gasteiger partial charge is 0.308 e. The van der Waals surface area contributed by atoms with Gasteiger partial charge in [-0.05, 0) is 24.2 Å². The monoisotopic (exact) mass is 216 g/mol. The van der Waals surface area contributed by atoms with Crippen molar-refractivity contribution in [3.05, 3.63) is 0 Å². The quantitative estimate of drug-likeness (QED) is 0.517. The van der Waals surface area contributed by atoms with Gasteiger partial charge in [-0.15, -0.1) is 0 Å². The summed E-state index contributed by atoms with van der Waals surface area (Å²) in [6, 6.07) is 0. The van der Waals surface area contributed by atoms with Gasteiger partial charge < -0.3 is 0 Å². The SMILES string of the molecule is CC.CC1(C)CC#CC(F)(F)CCCC1. The molecule has 0 aromatic heterocycles. The van der Waals surface area contributed by atoms with Gasteiger partial charge in [-0.1, -0.05) is 40.0 Å². The molecule has 2 heteroatoms. The summed E-state index contributed by atoms with van der Waals surface area (Å²) in [5.41, 5.74) is 0.105. The predicted molar refractivity (Wildman–Crippen MR) is 60.9 cm³/mol. The Balaban J connectivity index is 0.000000921. The molecular formula is C13H22F2. The average molecular weight is 216 g/mol. The molecule has 0 aromatic rings. The third kappa shape index (κ3) is 6.49. The molecule has 0 saturated carbocycles. The van der Waals surface area contributed by atoms with E-state index in [1.807, 2.05) is 13.8 Å². The molecule has 1 aliphatic rings. The fourth-order valence-electron chi connectivity index (χ4n) is 1.51. The average Bonchev–Trinajstić information content (AvgIpc) is 2.19. The standard InChI is InChI=1S/C11H16F2.C2H6/c1-10(2)6-3-4-8-11(12,13)9-5-7-10;1-2/h3-4,6-8H2,1-2H3;1-2H3. The molecule has 88 valence electrons. The first kappa shape index (κ1) is 14.4. The molecule has 0 saturated heterocycles. The molecule has 0 nitrogen and oxygen atoms in total. The van der Waals surface area contributed by atoms with Crippen LogP contribution in [0.25, 0.3) is 0 Å². The van der Waals surface area contributed by atoms with E-state index in [0.717, 1.165) is 12.8 Å². The van der Waals surface area contributed by atoms with Crippen LogP contribution in [-0.2, 0) is 0 Å². The first-order chi connectivity index (χ1) is 6.91. The molecule has 0 radical (unpaired) electrons. The van der Waals surface area contributed by atoms with Crippen LogP contribution in [0.4, 0.5) is 8.78 Å². The lowest BCUT2D eigenvalue weighted by atomic mass is 9.84. The zero-order valence-electron chi connectivity index (χ0n) is 10.3. The van der Waals surface area contributed by atoms with Crippen molar-refractivity contribution in [2.24, 2.45) is 5.41 Å². The highest BCUT2D eigenvalue weighted by Crippen LogP contribution is 2.31. The highest BCUT2D eigenvalue weighted by molar-refractivity contribution is 5.11. The molecular weight excluding hydrogens is 194 g/mol. The summed E-state index contributed by atoms with van der Waals surface area (Å²) in [4.78, 5) is 0. The van der Waals surface area contributed by atoms with E-state index in [9.17, 15) is 8.78 Å².